The van der Waals surface area contributed by atoms with Crippen LogP contribution in [0.2, 0.25) is 5.02 Å². The number of aromatic nitrogens is 2. The number of nitrogens with zero attached hydrogens (tertiary/aromatic N) is 4. The highest BCUT2D eigenvalue weighted by molar-refractivity contribution is 6.30. The van der Waals surface area contributed by atoms with Crippen LogP contribution in [0.25, 0.3) is 0 Å². The number of hydrogen-bond acceptors (Lipinski definition) is 5. The van der Waals surface area contributed by atoms with Gasteiger partial charge in [-0.15, -0.1) is 0 Å². The van der Waals surface area contributed by atoms with Gasteiger partial charge in [-0.2, -0.15) is 0 Å². The van der Waals surface area contributed by atoms with Crippen molar-refractivity contribution in [1.29, 1.82) is 0 Å². The van der Waals surface area contributed by atoms with Gasteiger partial charge in [0.05, 0.1) is 25.5 Å². The van der Waals surface area contributed by atoms with Crippen LogP contribution >= 0.6 is 11.6 Å². The lowest BCUT2D eigenvalue weighted by Crippen LogP contribution is -2.42. The summed E-state index contributed by atoms with van der Waals surface area (Å²) in [6, 6.07) is 7.50. The van der Waals surface area contributed by atoms with E-state index in [9.17, 15) is 4.79 Å². The summed E-state index contributed by atoms with van der Waals surface area (Å²) in [6.45, 7) is 1.51. The smallest absolute Gasteiger partial charge is 0.274 e. The molecule has 2 heterocycles. The molecule has 1 aliphatic heterocycles. The Hall–Kier alpha value is -2.18. The molecule has 0 spiro atoms. The van der Waals surface area contributed by atoms with Crippen molar-refractivity contribution in [2.24, 2.45) is 0 Å². The van der Waals surface area contributed by atoms with Crippen molar-refractivity contribution in [2.45, 2.75) is 6.10 Å². The van der Waals surface area contributed by atoms with E-state index in [1.807, 2.05) is 43.3 Å². The molecule has 0 aliphatic carbocycles. The van der Waals surface area contributed by atoms with Crippen molar-refractivity contribution in [3.63, 3.8) is 0 Å². The summed E-state index contributed by atoms with van der Waals surface area (Å²) in [7, 11) is 3.76. The van der Waals surface area contributed by atoms with Gasteiger partial charge in [-0.1, -0.05) is 23.7 Å². The van der Waals surface area contributed by atoms with Gasteiger partial charge in [0, 0.05) is 25.7 Å². The van der Waals surface area contributed by atoms with Gasteiger partial charge < -0.3 is 14.5 Å². The van der Waals surface area contributed by atoms with Gasteiger partial charge in [0.15, 0.2) is 0 Å². The second kappa shape index (κ2) is 7.15. The Balaban J connectivity index is 1.71. The zero-order valence-corrected chi connectivity index (χ0v) is 14.4. The maximum atomic E-state index is 12.6. The number of carbonyl (C=O) groups excluding carboxylic acids is 1. The average Bonchev–Trinajstić information content (AvgIpc) is 2.62. The molecule has 1 aliphatic rings. The number of rotatable bonds is 3. The van der Waals surface area contributed by atoms with Gasteiger partial charge >= 0.3 is 0 Å². The molecule has 0 unspecified atom stereocenters. The van der Waals surface area contributed by atoms with E-state index in [1.54, 1.807) is 11.1 Å². The van der Waals surface area contributed by atoms with Crippen LogP contribution in [0.15, 0.2) is 36.7 Å². The number of ether oxygens (including phenoxy) is 1. The first-order valence-corrected chi connectivity index (χ1v) is 8.08. The molecule has 6 nitrogen and oxygen atoms in total. The highest BCUT2D eigenvalue weighted by Gasteiger charge is 2.27. The lowest BCUT2D eigenvalue weighted by Gasteiger charge is -2.33. The van der Waals surface area contributed by atoms with Gasteiger partial charge in [0.25, 0.3) is 5.91 Å². The van der Waals surface area contributed by atoms with Crippen molar-refractivity contribution in [2.75, 3.05) is 38.7 Å². The lowest BCUT2D eigenvalue weighted by atomic mass is 10.1. The predicted octanol–water partition coefficient (Wildman–Crippen LogP) is 2.41. The normalized spacial score (nSPS) is 17.6. The molecule has 126 valence electrons. The van der Waals surface area contributed by atoms with E-state index in [4.69, 9.17) is 16.3 Å². The second-order valence-electron chi connectivity index (χ2n) is 5.82. The molecule has 1 saturated heterocycles. The molecular weight excluding hydrogens is 328 g/mol. The molecule has 24 heavy (non-hydrogen) atoms. The fourth-order valence-electron chi connectivity index (χ4n) is 2.54. The Morgan fingerprint density at radius 2 is 2.00 bits per heavy atom. The molecule has 2 aromatic rings. The first-order valence-electron chi connectivity index (χ1n) is 7.70. The van der Waals surface area contributed by atoms with Gasteiger partial charge in [-0.05, 0) is 17.7 Å². The van der Waals surface area contributed by atoms with Crippen LogP contribution in [0.4, 0.5) is 5.82 Å². The van der Waals surface area contributed by atoms with Gasteiger partial charge in [-0.25, -0.2) is 9.97 Å². The molecule has 7 heteroatoms. The Morgan fingerprint density at radius 3 is 2.62 bits per heavy atom. The molecule has 0 radical (unpaired) electrons. The van der Waals surface area contributed by atoms with E-state index in [0.717, 1.165) is 5.56 Å². The number of amides is 1. The number of morpholine rings is 1. The molecule has 1 aromatic heterocycles. The maximum absolute atomic E-state index is 12.6. The third-order valence-electron chi connectivity index (χ3n) is 3.91. The molecule has 3 rings (SSSR count). The van der Waals surface area contributed by atoms with Crippen LogP contribution in [0.5, 0.6) is 0 Å². The van der Waals surface area contributed by atoms with E-state index in [1.165, 1.54) is 6.20 Å². The zero-order chi connectivity index (χ0) is 17.1. The maximum Gasteiger partial charge on any atom is 0.274 e. The molecule has 1 aromatic carbocycles. The van der Waals surface area contributed by atoms with Crippen molar-refractivity contribution in [3.05, 3.63) is 52.9 Å². The minimum absolute atomic E-state index is 0.130. The van der Waals surface area contributed by atoms with E-state index in [0.29, 0.717) is 36.2 Å². The minimum Gasteiger partial charge on any atom is -0.370 e. The van der Waals surface area contributed by atoms with Crippen LogP contribution in [-0.2, 0) is 4.74 Å². The highest BCUT2D eigenvalue weighted by atomic mass is 35.5. The molecule has 1 fully saturated rings. The number of anilines is 1. The molecule has 0 saturated carbocycles. The summed E-state index contributed by atoms with van der Waals surface area (Å²) in [4.78, 5) is 24.7. The quantitative estimate of drug-likeness (QED) is 0.854. The summed E-state index contributed by atoms with van der Waals surface area (Å²) in [5, 5.41) is 0.679. The standard InChI is InChI=1S/C17H19ClN4O2/c1-21(2)16-10-19-14(9-20-16)17(23)22-7-8-24-15(11-22)12-3-5-13(18)6-4-12/h3-6,9-10,15H,7-8,11H2,1-2H3/t15-/m1/s1. The number of carbonyl (C=O) groups is 1. The van der Waals surface area contributed by atoms with Gasteiger partial charge in [0.1, 0.15) is 17.6 Å². The van der Waals surface area contributed by atoms with E-state index in [2.05, 4.69) is 9.97 Å². The van der Waals surface area contributed by atoms with Crippen molar-refractivity contribution in [3.8, 4) is 0 Å². The lowest BCUT2D eigenvalue weighted by molar-refractivity contribution is -0.0230. The second-order valence-corrected chi connectivity index (χ2v) is 6.25. The summed E-state index contributed by atoms with van der Waals surface area (Å²) in [5.74, 6) is 0.586. The van der Waals surface area contributed by atoms with Crippen molar-refractivity contribution < 1.29 is 9.53 Å². The highest BCUT2D eigenvalue weighted by Crippen LogP contribution is 2.24. The molecule has 0 N–H and O–H groups in total. The Morgan fingerprint density at radius 1 is 1.25 bits per heavy atom. The van der Waals surface area contributed by atoms with Crippen LogP contribution in [-0.4, -0.2) is 54.6 Å². The van der Waals surface area contributed by atoms with Crippen molar-refractivity contribution >= 4 is 23.3 Å². The van der Waals surface area contributed by atoms with E-state index < -0.39 is 0 Å². The fourth-order valence-corrected chi connectivity index (χ4v) is 2.66. The number of benzene rings is 1. The topological polar surface area (TPSA) is 58.6 Å². The van der Waals surface area contributed by atoms with Crippen LogP contribution < -0.4 is 4.90 Å². The first kappa shape index (κ1) is 16.7. The SMILES string of the molecule is CN(C)c1cnc(C(=O)N2CCO[C@@H](c3ccc(Cl)cc3)C2)cn1. The monoisotopic (exact) mass is 346 g/mol. The summed E-state index contributed by atoms with van der Waals surface area (Å²) < 4.78 is 5.79. The van der Waals surface area contributed by atoms with Gasteiger partial charge in [-0.3, -0.25) is 4.79 Å². The summed E-state index contributed by atoms with van der Waals surface area (Å²) >= 11 is 5.92. The summed E-state index contributed by atoms with van der Waals surface area (Å²) in [6.07, 6.45) is 2.96. The number of halogens is 1. The van der Waals surface area contributed by atoms with E-state index >= 15 is 0 Å². The van der Waals surface area contributed by atoms with Crippen LogP contribution in [0.1, 0.15) is 22.2 Å². The third-order valence-corrected chi connectivity index (χ3v) is 4.16. The number of hydrogen-bond donors (Lipinski definition) is 0. The van der Waals surface area contributed by atoms with E-state index in [-0.39, 0.29) is 12.0 Å². The van der Waals surface area contributed by atoms with Crippen LogP contribution in [0, 0.1) is 0 Å². The molecule has 0 bridgehead atoms. The van der Waals surface area contributed by atoms with Gasteiger partial charge in [0.2, 0.25) is 0 Å². The molecular formula is C17H19ClN4O2. The average molecular weight is 347 g/mol. The largest absolute Gasteiger partial charge is 0.370 e. The first-order chi connectivity index (χ1) is 11.5. The zero-order valence-electron chi connectivity index (χ0n) is 13.6. The summed E-state index contributed by atoms with van der Waals surface area (Å²) in [5.41, 5.74) is 1.35. The molecule has 1 atom stereocenters. The Kier molecular flexibility index (Phi) is 4.97. The Labute approximate surface area is 146 Å². The predicted molar refractivity (Wildman–Crippen MR) is 92.4 cm³/mol. The third kappa shape index (κ3) is 3.66. The Bertz CT molecular complexity index is 704. The van der Waals surface area contributed by atoms with Crippen molar-refractivity contribution in [1.82, 2.24) is 14.9 Å². The fraction of sp³-hybridized carbons (Fsp3) is 0.353. The van der Waals surface area contributed by atoms with Crippen LogP contribution in [0.3, 0.4) is 0 Å². The minimum atomic E-state index is -0.158. The molecule has 1 amide bonds.